The Kier molecular flexibility index (Phi) is 10.2. The van der Waals surface area contributed by atoms with E-state index in [1.165, 1.54) is 11.1 Å². The Morgan fingerprint density at radius 1 is 1.12 bits per heavy atom. The average Bonchev–Trinajstić information content (AvgIpc) is 2.57. The van der Waals surface area contributed by atoms with E-state index in [1.54, 1.807) is 0 Å². The number of rotatable bonds is 10. The lowest BCUT2D eigenvalue weighted by Crippen LogP contribution is -2.40. The van der Waals surface area contributed by atoms with Gasteiger partial charge in [0, 0.05) is 19.7 Å². The van der Waals surface area contributed by atoms with Crippen LogP contribution in [-0.4, -0.2) is 30.8 Å². The molecule has 0 saturated carbocycles. The zero-order chi connectivity index (χ0) is 17.8. The van der Waals surface area contributed by atoms with Crippen LogP contribution in [0.5, 0.6) is 0 Å². The van der Waals surface area contributed by atoms with E-state index in [9.17, 15) is 5.11 Å². The molecule has 0 aliphatic heterocycles. The van der Waals surface area contributed by atoms with Crippen molar-refractivity contribution in [3.63, 3.8) is 0 Å². The van der Waals surface area contributed by atoms with Gasteiger partial charge in [0.05, 0.1) is 6.54 Å². The summed E-state index contributed by atoms with van der Waals surface area (Å²) in [5, 5.41) is 16.0. The summed E-state index contributed by atoms with van der Waals surface area (Å²) >= 11 is 0. The van der Waals surface area contributed by atoms with Crippen molar-refractivity contribution >= 4 is 5.96 Å². The average molecular weight is 334 g/mol. The molecule has 0 saturated heterocycles. The molecule has 0 heterocycles. The molecule has 0 radical (unpaired) electrons. The van der Waals surface area contributed by atoms with Crippen LogP contribution in [0.1, 0.15) is 51.7 Å². The van der Waals surface area contributed by atoms with Crippen molar-refractivity contribution in [3.05, 3.63) is 35.4 Å². The van der Waals surface area contributed by atoms with E-state index in [0.717, 1.165) is 38.3 Å². The van der Waals surface area contributed by atoms with Crippen molar-refractivity contribution in [2.75, 3.05) is 19.7 Å². The summed E-state index contributed by atoms with van der Waals surface area (Å²) < 4.78 is 0. The van der Waals surface area contributed by atoms with Crippen LogP contribution in [0, 0.1) is 11.8 Å². The minimum atomic E-state index is 0.247. The highest BCUT2D eigenvalue weighted by Crippen LogP contribution is 2.14. The van der Waals surface area contributed by atoms with E-state index in [2.05, 4.69) is 62.6 Å². The molecule has 0 aliphatic rings. The van der Waals surface area contributed by atoms with E-state index < -0.39 is 0 Å². The van der Waals surface area contributed by atoms with Crippen LogP contribution in [-0.2, 0) is 13.0 Å². The van der Waals surface area contributed by atoms with Gasteiger partial charge in [-0.05, 0) is 49.1 Å². The number of aliphatic hydroxyl groups is 1. The van der Waals surface area contributed by atoms with Crippen molar-refractivity contribution in [1.82, 2.24) is 10.6 Å². The van der Waals surface area contributed by atoms with Gasteiger partial charge in [-0.3, -0.25) is 0 Å². The SMILES string of the molecule is CCNC(=NCc1ccccc1CC)NCC(CCO)CC(C)C. The Morgan fingerprint density at radius 2 is 1.83 bits per heavy atom. The first-order valence-electron chi connectivity index (χ1n) is 9.30. The maximum Gasteiger partial charge on any atom is 0.191 e. The van der Waals surface area contributed by atoms with Crippen LogP contribution < -0.4 is 10.6 Å². The molecule has 136 valence electrons. The number of aliphatic hydroxyl groups excluding tert-OH is 1. The van der Waals surface area contributed by atoms with Crippen LogP contribution >= 0.6 is 0 Å². The lowest BCUT2D eigenvalue weighted by molar-refractivity contribution is 0.243. The number of aliphatic imine (C=N–C) groups is 1. The Bertz CT molecular complexity index is 486. The molecular weight excluding hydrogens is 298 g/mol. The number of hydrogen-bond donors (Lipinski definition) is 3. The molecule has 4 heteroatoms. The fraction of sp³-hybridized carbons (Fsp3) is 0.650. The van der Waals surface area contributed by atoms with Crippen LogP contribution in [0.3, 0.4) is 0 Å². The molecule has 1 aromatic rings. The van der Waals surface area contributed by atoms with Gasteiger partial charge in [0.2, 0.25) is 0 Å². The quantitative estimate of drug-likeness (QED) is 0.455. The van der Waals surface area contributed by atoms with Crippen LogP contribution in [0.25, 0.3) is 0 Å². The van der Waals surface area contributed by atoms with E-state index in [4.69, 9.17) is 4.99 Å². The topological polar surface area (TPSA) is 56.7 Å². The van der Waals surface area contributed by atoms with Gasteiger partial charge in [0.1, 0.15) is 0 Å². The highest BCUT2D eigenvalue weighted by Gasteiger charge is 2.11. The largest absolute Gasteiger partial charge is 0.396 e. The molecule has 1 unspecified atom stereocenters. The van der Waals surface area contributed by atoms with E-state index >= 15 is 0 Å². The predicted molar refractivity (Wildman–Crippen MR) is 103 cm³/mol. The van der Waals surface area contributed by atoms with Gasteiger partial charge in [0.15, 0.2) is 5.96 Å². The Hall–Kier alpha value is -1.55. The Labute approximate surface area is 147 Å². The van der Waals surface area contributed by atoms with Crippen molar-refractivity contribution < 1.29 is 5.11 Å². The third-order valence-corrected chi connectivity index (χ3v) is 4.15. The fourth-order valence-electron chi connectivity index (χ4n) is 2.96. The molecule has 0 aromatic heterocycles. The summed E-state index contributed by atoms with van der Waals surface area (Å²) in [5.41, 5.74) is 2.64. The molecule has 1 rings (SSSR count). The van der Waals surface area contributed by atoms with Crippen LogP contribution in [0.4, 0.5) is 0 Å². The molecule has 0 aliphatic carbocycles. The predicted octanol–water partition coefficient (Wildman–Crippen LogP) is 3.35. The Balaban J connectivity index is 2.67. The molecule has 24 heavy (non-hydrogen) atoms. The minimum absolute atomic E-state index is 0.247. The second kappa shape index (κ2) is 11.9. The van der Waals surface area contributed by atoms with Crippen LogP contribution in [0.15, 0.2) is 29.3 Å². The van der Waals surface area contributed by atoms with Crippen molar-refractivity contribution in [2.24, 2.45) is 16.8 Å². The maximum atomic E-state index is 9.25. The molecule has 0 amide bonds. The second-order valence-electron chi connectivity index (χ2n) is 6.71. The lowest BCUT2D eigenvalue weighted by atomic mass is 9.94. The van der Waals surface area contributed by atoms with Crippen molar-refractivity contribution in [3.8, 4) is 0 Å². The Morgan fingerprint density at radius 3 is 2.42 bits per heavy atom. The number of aryl methyl sites for hydroxylation is 1. The molecule has 0 bridgehead atoms. The molecule has 0 fully saturated rings. The second-order valence-corrected chi connectivity index (χ2v) is 6.71. The minimum Gasteiger partial charge on any atom is -0.396 e. The fourth-order valence-corrected chi connectivity index (χ4v) is 2.96. The summed E-state index contributed by atoms with van der Waals surface area (Å²) in [4.78, 5) is 4.74. The van der Waals surface area contributed by atoms with Gasteiger partial charge >= 0.3 is 0 Å². The first-order valence-corrected chi connectivity index (χ1v) is 9.30. The molecule has 1 aromatic carbocycles. The van der Waals surface area contributed by atoms with Gasteiger partial charge in [-0.15, -0.1) is 0 Å². The number of nitrogens with one attached hydrogen (secondary N) is 2. The molecule has 4 nitrogen and oxygen atoms in total. The number of nitrogens with zero attached hydrogens (tertiary/aromatic N) is 1. The van der Waals surface area contributed by atoms with E-state index in [-0.39, 0.29) is 6.61 Å². The highest BCUT2D eigenvalue weighted by atomic mass is 16.3. The van der Waals surface area contributed by atoms with E-state index in [1.807, 2.05) is 0 Å². The normalized spacial score (nSPS) is 13.2. The van der Waals surface area contributed by atoms with Crippen molar-refractivity contribution in [1.29, 1.82) is 0 Å². The number of benzene rings is 1. The summed E-state index contributed by atoms with van der Waals surface area (Å²) in [6.45, 7) is 11.3. The molecule has 3 N–H and O–H groups in total. The number of hydrogen-bond acceptors (Lipinski definition) is 2. The monoisotopic (exact) mass is 333 g/mol. The molecule has 1 atom stereocenters. The first-order chi connectivity index (χ1) is 11.6. The van der Waals surface area contributed by atoms with Gasteiger partial charge in [0.25, 0.3) is 0 Å². The van der Waals surface area contributed by atoms with Crippen LogP contribution in [0.2, 0.25) is 0 Å². The van der Waals surface area contributed by atoms with Gasteiger partial charge < -0.3 is 15.7 Å². The summed E-state index contributed by atoms with van der Waals surface area (Å²) in [6.07, 6.45) is 2.98. The van der Waals surface area contributed by atoms with E-state index in [0.29, 0.717) is 18.4 Å². The lowest BCUT2D eigenvalue weighted by Gasteiger charge is -2.20. The third kappa shape index (κ3) is 7.82. The summed E-state index contributed by atoms with van der Waals surface area (Å²) in [5.74, 6) is 1.97. The third-order valence-electron chi connectivity index (χ3n) is 4.15. The van der Waals surface area contributed by atoms with Gasteiger partial charge in [-0.25, -0.2) is 4.99 Å². The highest BCUT2D eigenvalue weighted by molar-refractivity contribution is 5.79. The van der Waals surface area contributed by atoms with Gasteiger partial charge in [-0.1, -0.05) is 45.0 Å². The maximum absolute atomic E-state index is 9.25. The first kappa shape index (κ1) is 20.5. The molecule has 0 spiro atoms. The summed E-state index contributed by atoms with van der Waals surface area (Å²) in [6, 6.07) is 8.48. The number of guanidine groups is 1. The smallest absolute Gasteiger partial charge is 0.191 e. The zero-order valence-electron chi connectivity index (χ0n) is 15.8. The van der Waals surface area contributed by atoms with Gasteiger partial charge in [-0.2, -0.15) is 0 Å². The molecular formula is C20H35N3O. The zero-order valence-corrected chi connectivity index (χ0v) is 15.8. The standard InChI is InChI=1S/C20H35N3O/c1-5-18-9-7-8-10-19(18)15-23-20(21-6-2)22-14-17(11-12-24)13-16(3)4/h7-10,16-17,24H,5-6,11-15H2,1-4H3,(H2,21,22,23). The summed E-state index contributed by atoms with van der Waals surface area (Å²) in [7, 11) is 0. The van der Waals surface area contributed by atoms with Crippen molar-refractivity contribution in [2.45, 2.75) is 53.5 Å².